The maximum Gasteiger partial charge on any atom is 0.258 e. The molecule has 1 unspecified atom stereocenters. The molecule has 1 amide bonds. The molecule has 5 heteroatoms. The van der Waals surface area contributed by atoms with Gasteiger partial charge in [0.25, 0.3) is 5.91 Å². The van der Waals surface area contributed by atoms with Gasteiger partial charge in [-0.2, -0.15) is 0 Å². The van der Waals surface area contributed by atoms with Crippen molar-refractivity contribution in [3.63, 3.8) is 0 Å². The summed E-state index contributed by atoms with van der Waals surface area (Å²) in [6.07, 6.45) is 0. The zero-order valence-electron chi connectivity index (χ0n) is 15.5. The number of hydrogen-bond acceptors (Lipinski definition) is 4. The van der Waals surface area contributed by atoms with Crippen molar-refractivity contribution < 1.29 is 14.6 Å². The molecule has 1 atom stereocenters. The molecule has 1 heterocycles. The maximum atomic E-state index is 12.2. The van der Waals surface area contributed by atoms with E-state index in [0.717, 1.165) is 25.7 Å². The summed E-state index contributed by atoms with van der Waals surface area (Å²) in [4.78, 5) is 13.0. The molecule has 3 aromatic carbocycles. The van der Waals surface area contributed by atoms with Crippen LogP contribution in [-0.4, -0.2) is 24.2 Å². The lowest BCUT2D eigenvalue weighted by atomic mass is 10.0. The first-order chi connectivity index (χ1) is 13.5. The number of carbonyl (C=O) groups excluding carboxylic acids is 1. The summed E-state index contributed by atoms with van der Waals surface area (Å²) in [5, 5.41) is 16.8. The average molecular weight is 391 g/mol. The molecule has 0 saturated heterocycles. The Hall–Kier alpha value is -2.89. The van der Waals surface area contributed by atoms with Gasteiger partial charge in [0, 0.05) is 9.58 Å². The van der Waals surface area contributed by atoms with Crippen molar-refractivity contribution in [3.05, 3.63) is 77.7 Å². The predicted octanol–water partition coefficient (Wildman–Crippen LogP) is 4.46. The lowest BCUT2D eigenvalue weighted by molar-refractivity contribution is -0.124. The highest BCUT2D eigenvalue weighted by Crippen LogP contribution is 2.32. The summed E-state index contributed by atoms with van der Waals surface area (Å²) in [5.74, 6) is 0.375. The Balaban J connectivity index is 1.35. The van der Waals surface area contributed by atoms with Crippen molar-refractivity contribution >= 4 is 38.1 Å². The lowest BCUT2D eigenvalue weighted by Gasteiger charge is -2.22. The van der Waals surface area contributed by atoms with E-state index in [4.69, 9.17) is 4.74 Å². The molecule has 0 saturated carbocycles. The zero-order chi connectivity index (χ0) is 19.6. The number of hydrogen-bond donors (Lipinski definition) is 2. The predicted molar refractivity (Wildman–Crippen MR) is 114 cm³/mol. The molecule has 4 aromatic rings. The van der Waals surface area contributed by atoms with Gasteiger partial charge in [-0.3, -0.25) is 4.79 Å². The Morgan fingerprint density at radius 1 is 1.00 bits per heavy atom. The quantitative estimate of drug-likeness (QED) is 0.510. The van der Waals surface area contributed by atoms with Crippen LogP contribution in [0.5, 0.6) is 5.75 Å². The molecule has 0 aliphatic rings. The molecule has 142 valence electrons. The molecule has 0 aliphatic carbocycles. The van der Waals surface area contributed by atoms with E-state index in [2.05, 4.69) is 5.32 Å². The molecular weight excluding hydrogens is 370 g/mol. The van der Waals surface area contributed by atoms with Crippen LogP contribution in [0.25, 0.3) is 20.9 Å². The van der Waals surface area contributed by atoms with Crippen molar-refractivity contribution in [3.8, 4) is 5.75 Å². The summed E-state index contributed by atoms with van der Waals surface area (Å²) in [6, 6.07) is 23.7. The van der Waals surface area contributed by atoms with Crippen molar-refractivity contribution in [2.45, 2.75) is 12.5 Å². The van der Waals surface area contributed by atoms with Crippen LogP contribution in [0.2, 0.25) is 0 Å². The van der Waals surface area contributed by atoms with Gasteiger partial charge in [-0.25, -0.2) is 0 Å². The maximum absolute atomic E-state index is 12.2. The highest BCUT2D eigenvalue weighted by molar-refractivity contribution is 7.19. The fraction of sp³-hybridized carbons (Fsp3) is 0.174. The van der Waals surface area contributed by atoms with E-state index >= 15 is 0 Å². The lowest BCUT2D eigenvalue weighted by Crippen LogP contribution is -2.40. The van der Waals surface area contributed by atoms with Crippen LogP contribution in [0.1, 0.15) is 11.8 Å². The zero-order valence-corrected chi connectivity index (χ0v) is 16.3. The van der Waals surface area contributed by atoms with E-state index < -0.39 is 5.60 Å². The molecule has 1 aromatic heterocycles. The monoisotopic (exact) mass is 391 g/mol. The van der Waals surface area contributed by atoms with E-state index in [9.17, 15) is 9.90 Å². The minimum atomic E-state index is -1.14. The molecule has 0 fully saturated rings. The summed E-state index contributed by atoms with van der Waals surface area (Å²) in [6.45, 7) is 1.74. The van der Waals surface area contributed by atoms with Crippen LogP contribution in [0.15, 0.2) is 72.8 Å². The summed E-state index contributed by atoms with van der Waals surface area (Å²) < 4.78 is 6.72. The molecule has 4 rings (SSSR count). The van der Waals surface area contributed by atoms with E-state index in [1.165, 1.54) is 11.3 Å². The van der Waals surface area contributed by atoms with Gasteiger partial charge in [0.05, 0.1) is 6.54 Å². The first-order valence-corrected chi connectivity index (χ1v) is 9.93. The first kappa shape index (κ1) is 18.5. The number of thiophene rings is 1. The van der Waals surface area contributed by atoms with Crippen molar-refractivity contribution in [2.24, 2.45) is 0 Å². The molecule has 2 N–H and O–H groups in total. The molecule has 0 spiro atoms. The van der Waals surface area contributed by atoms with Crippen molar-refractivity contribution in [2.75, 3.05) is 13.2 Å². The average Bonchev–Trinajstić information content (AvgIpc) is 3.16. The van der Waals surface area contributed by atoms with Crippen LogP contribution in [-0.2, 0) is 10.4 Å². The first-order valence-electron chi connectivity index (χ1n) is 9.11. The van der Waals surface area contributed by atoms with Crippen LogP contribution in [0, 0.1) is 0 Å². The number of carbonyl (C=O) groups is 1. The van der Waals surface area contributed by atoms with Crippen molar-refractivity contribution in [1.82, 2.24) is 5.32 Å². The van der Waals surface area contributed by atoms with Gasteiger partial charge in [0.2, 0.25) is 0 Å². The Morgan fingerprint density at radius 2 is 1.71 bits per heavy atom. The van der Waals surface area contributed by atoms with Crippen LogP contribution < -0.4 is 10.1 Å². The Morgan fingerprint density at radius 3 is 2.50 bits per heavy atom. The molecular formula is C23H21NO3S. The van der Waals surface area contributed by atoms with Crippen LogP contribution >= 0.6 is 11.3 Å². The number of ether oxygens (including phenoxy) is 1. The Bertz CT molecular complexity index is 1100. The van der Waals surface area contributed by atoms with Gasteiger partial charge in [0.1, 0.15) is 11.4 Å². The van der Waals surface area contributed by atoms with E-state index in [0.29, 0.717) is 5.75 Å². The van der Waals surface area contributed by atoms with Crippen LogP contribution in [0.3, 0.4) is 0 Å². The Kier molecular flexibility index (Phi) is 5.03. The van der Waals surface area contributed by atoms with Crippen molar-refractivity contribution in [1.29, 1.82) is 0 Å². The second-order valence-electron chi connectivity index (χ2n) is 7.00. The molecule has 4 nitrogen and oxygen atoms in total. The molecule has 0 aliphatic heterocycles. The summed E-state index contributed by atoms with van der Waals surface area (Å²) in [5.41, 5.74) is -1.14. The minimum absolute atomic E-state index is 0.0964. The molecule has 28 heavy (non-hydrogen) atoms. The third-order valence-corrected chi connectivity index (χ3v) is 6.05. The third-order valence-electron chi connectivity index (χ3n) is 4.68. The molecule has 0 radical (unpaired) electrons. The number of rotatable bonds is 6. The number of benzene rings is 3. The van der Waals surface area contributed by atoms with Gasteiger partial charge >= 0.3 is 0 Å². The Labute approximate surface area is 167 Å². The molecule has 0 bridgehead atoms. The number of aliphatic hydroxyl groups is 1. The highest BCUT2D eigenvalue weighted by atomic mass is 32.1. The second kappa shape index (κ2) is 7.62. The second-order valence-corrected chi connectivity index (χ2v) is 8.08. The highest BCUT2D eigenvalue weighted by Gasteiger charge is 2.26. The SMILES string of the molecule is CC(O)(CNC(=O)COc1ccc2ccccc2c1)c1cc2ccccc2s1. The smallest absolute Gasteiger partial charge is 0.258 e. The van der Waals surface area contributed by atoms with Gasteiger partial charge in [-0.1, -0.05) is 48.5 Å². The van der Waals surface area contributed by atoms with Crippen LogP contribution in [0.4, 0.5) is 0 Å². The van der Waals surface area contributed by atoms with Gasteiger partial charge < -0.3 is 15.2 Å². The number of amides is 1. The standard InChI is InChI=1S/C23H21NO3S/c1-23(26,21-13-18-8-4-5-9-20(18)28-21)15-24-22(25)14-27-19-11-10-16-6-2-3-7-17(16)12-19/h2-13,26H,14-15H2,1H3,(H,24,25). The summed E-state index contributed by atoms with van der Waals surface area (Å²) >= 11 is 1.53. The minimum Gasteiger partial charge on any atom is -0.484 e. The van der Waals surface area contributed by atoms with E-state index in [1.807, 2.05) is 72.8 Å². The van der Waals surface area contributed by atoms with E-state index in [1.54, 1.807) is 6.92 Å². The number of fused-ring (bicyclic) bond motifs is 2. The fourth-order valence-corrected chi connectivity index (χ4v) is 4.17. The largest absolute Gasteiger partial charge is 0.484 e. The number of nitrogens with one attached hydrogen (secondary N) is 1. The van der Waals surface area contributed by atoms with Gasteiger partial charge in [0.15, 0.2) is 6.61 Å². The summed E-state index contributed by atoms with van der Waals surface area (Å²) in [7, 11) is 0. The van der Waals surface area contributed by atoms with E-state index in [-0.39, 0.29) is 19.1 Å². The van der Waals surface area contributed by atoms with Gasteiger partial charge in [-0.15, -0.1) is 11.3 Å². The third kappa shape index (κ3) is 4.01. The normalized spacial score (nSPS) is 13.4. The topological polar surface area (TPSA) is 58.6 Å². The fourth-order valence-electron chi connectivity index (χ4n) is 3.06. The van der Waals surface area contributed by atoms with Gasteiger partial charge in [-0.05, 0) is 47.3 Å².